The zero-order valence-corrected chi connectivity index (χ0v) is 27.7. The molecule has 6 rings (SSSR count). The molecular formula is C32H43N9O3Si. The Labute approximate surface area is 265 Å². The first kappa shape index (κ1) is 31.3. The summed E-state index contributed by atoms with van der Waals surface area (Å²) in [5.41, 5.74) is 2.80. The third kappa shape index (κ3) is 6.94. The van der Waals surface area contributed by atoms with Crippen LogP contribution in [-0.4, -0.2) is 84.2 Å². The van der Waals surface area contributed by atoms with Crippen LogP contribution in [-0.2, 0) is 23.6 Å². The van der Waals surface area contributed by atoms with Gasteiger partial charge in [0.05, 0.1) is 36.7 Å². The van der Waals surface area contributed by atoms with Gasteiger partial charge < -0.3 is 19.1 Å². The molecule has 1 saturated carbocycles. The van der Waals surface area contributed by atoms with Crippen molar-refractivity contribution in [3.63, 3.8) is 0 Å². The van der Waals surface area contributed by atoms with Crippen molar-refractivity contribution >= 4 is 19.1 Å². The number of nitrogens with zero attached hydrogens (tertiary/aromatic N) is 9. The predicted molar refractivity (Wildman–Crippen MR) is 172 cm³/mol. The summed E-state index contributed by atoms with van der Waals surface area (Å²) in [4.78, 5) is 20.3. The Kier molecular flexibility index (Phi) is 9.01. The zero-order chi connectivity index (χ0) is 31.6. The molecular weight excluding hydrogens is 586 g/mol. The molecule has 0 radical (unpaired) electrons. The summed E-state index contributed by atoms with van der Waals surface area (Å²) < 4.78 is 16.1. The number of fused-ring (bicyclic) bond motifs is 1. The fourth-order valence-electron chi connectivity index (χ4n) is 6.48. The molecule has 1 aliphatic carbocycles. The van der Waals surface area contributed by atoms with Crippen molar-refractivity contribution in [2.75, 3.05) is 19.7 Å². The van der Waals surface area contributed by atoms with E-state index in [2.05, 4.69) is 50.5 Å². The normalized spacial score (nSPS) is 20.2. The van der Waals surface area contributed by atoms with Gasteiger partial charge >= 0.3 is 0 Å². The zero-order valence-electron chi connectivity index (χ0n) is 26.7. The number of aryl methyl sites for hydroxylation is 1. The van der Waals surface area contributed by atoms with Crippen molar-refractivity contribution < 1.29 is 14.6 Å². The molecule has 0 aromatic carbocycles. The molecule has 1 aliphatic heterocycles. The largest absolute Gasteiger partial charge is 0.474 e. The van der Waals surface area contributed by atoms with E-state index in [0.717, 1.165) is 73.7 Å². The first-order chi connectivity index (χ1) is 21.7. The second kappa shape index (κ2) is 13.0. The van der Waals surface area contributed by atoms with Gasteiger partial charge in [-0.2, -0.15) is 15.3 Å². The van der Waals surface area contributed by atoms with Crippen LogP contribution in [0.15, 0.2) is 37.1 Å². The monoisotopic (exact) mass is 629 g/mol. The third-order valence-corrected chi connectivity index (χ3v) is 10.7. The quantitative estimate of drug-likeness (QED) is 0.176. The summed E-state index contributed by atoms with van der Waals surface area (Å²) in [5.74, 6) is 1.13. The number of likely N-dealkylation sites (tertiary alicyclic amines) is 1. The average molecular weight is 630 g/mol. The Morgan fingerprint density at radius 2 is 1.93 bits per heavy atom. The van der Waals surface area contributed by atoms with Crippen molar-refractivity contribution in [2.24, 2.45) is 0 Å². The second-order valence-electron chi connectivity index (χ2n) is 13.7. The van der Waals surface area contributed by atoms with E-state index in [1.54, 1.807) is 19.3 Å². The van der Waals surface area contributed by atoms with Gasteiger partial charge in [0.25, 0.3) is 0 Å². The van der Waals surface area contributed by atoms with Gasteiger partial charge in [-0.25, -0.2) is 15.0 Å². The molecule has 13 heteroatoms. The summed E-state index contributed by atoms with van der Waals surface area (Å²) in [6.07, 6.45) is 11.9. The van der Waals surface area contributed by atoms with E-state index in [1.807, 2.05) is 33.9 Å². The van der Waals surface area contributed by atoms with Crippen molar-refractivity contribution in [3.8, 4) is 23.2 Å². The van der Waals surface area contributed by atoms with E-state index in [4.69, 9.17) is 14.6 Å². The van der Waals surface area contributed by atoms with Crippen LogP contribution >= 0.6 is 0 Å². The van der Waals surface area contributed by atoms with Crippen LogP contribution in [0.2, 0.25) is 25.7 Å². The van der Waals surface area contributed by atoms with Crippen LogP contribution in [0.4, 0.5) is 0 Å². The molecule has 2 fully saturated rings. The Morgan fingerprint density at radius 3 is 2.67 bits per heavy atom. The van der Waals surface area contributed by atoms with Gasteiger partial charge in [0, 0.05) is 63.2 Å². The van der Waals surface area contributed by atoms with Gasteiger partial charge in [-0.15, -0.1) is 0 Å². The molecule has 238 valence electrons. The number of nitriles is 1. The number of hydrogen-bond acceptors (Lipinski definition) is 10. The fourth-order valence-corrected chi connectivity index (χ4v) is 7.23. The molecule has 0 amide bonds. The highest BCUT2D eigenvalue weighted by molar-refractivity contribution is 6.76. The summed E-state index contributed by atoms with van der Waals surface area (Å²) in [5, 5.41) is 24.9. The highest BCUT2D eigenvalue weighted by Gasteiger charge is 2.48. The maximum absolute atomic E-state index is 9.77. The number of rotatable bonds is 12. The van der Waals surface area contributed by atoms with Crippen LogP contribution in [0.5, 0.6) is 5.88 Å². The number of aliphatic hydroxyl groups excluding tert-OH is 1. The van der Waals surface area contributed by atoms with Crippen LogP contribution < -0.4 is 4.74 Å². The lowest BCUT2D eigenvalue weighted by molar-refractivity contribution is -0.0445. The van der Waals surface area contributed by atoms with E-state index in [0.29, 0.717) is 36.6 Å². The minimum absolute atomic E-state index is 0.0946. The van der Waals surface area contributed by atoms with E-state index in [-0.39, 0.29) is 18.2 Å². The predicted octanol–water partition coefficient (Wildman–Crippen LogP) is 4.51. The van der Waals surface area contributed by atoms with Crippen molar-refractivity contribution in [2.45, 2.75) is 95.7 Å². The minimum atomic E-state index is -1.15. The maximum atomic E-state index is 9.77. The van der Waals surface area contributed by atoms with Gasteiger partial charge in [0.15, 0.2) is 0 Å². The third-order valence-electron chi connectivity index (χ3n) is 9.00. The van der Waals surface area contributed by atoms with Crippen LogP contribution in [0.25, 0.3) is 22.3 Å². The molecule has 0 bridgehead atoms. The van der Waals surface area contributed by atoms with Gasteiger partial charge in [-0.3, -0.25) is 9.58 Å². The Morgan fingerprint density at radius 1 is 1.13 bits per heavy atom. The van der Waals surface area contributed by atoms with Crippen molar-refractivity contribution in [1.82, 2.24) is 39.2 Å². The molecule has 4 aromatic heterocycles. The Balaban J connectivity index is 1.08. The van der Waals surface area contributed by atoms with Crippen LogP contribution in [0.1, 0.15) is 43.6 Å². The lowest BCUT2D eigenvalue weighted by atomic mass is 9.82. The van der Waals surface area contributed by atoms with E-state index in [9.17, 15) is 10.4 Å². The lowest BCUT2D eigenvalue weighted by Gasteiger charge is -2.53. The second-order valence-corrected chi connectivity index (χ2v) is 19.3. The summed E-state index contributed by atoms with van der Waals surface area (Å²) >= 11 is 0. The molecule has 0 spiro atoms. The molecule has 5 heterocycles. The maximum Gasteiger partial charge on any atom is 0.217 e. The van der Waals surface area contributed by atoms with Gasteiger partial charge in [0.2, 0.25) is 5.88 Å². The molecule has 1 saturated heterocycles. The molecule has 12 nitrogen and oxygen atoms in total. The van der Waals surface area contributed by atoms with Crippen molar-refractivity contribution in [3.05, 3.63) is 48.6 Å². The van der Waals surface area contributed by atoms with Crippen LogP contribution in [0, 0.1) is 18.3 Å². The summed E-state index contributed by atoms with van der Waals surface area (Å²) in [6, 6.07) is 7.75. The molecule has 0 atom stereocenters. The smallest absolute Gasteiger partial charge is 0.217 e. The van der Waals surface area contributed by atoms with E-state index in [1.165, 1.54) is 0 Å². The van der Waals surface area contributed by atoms with Gasteiger partial charge in [-0.05, 0) is 44.7 Å². The van der Waals surface area contributed by atoms with E-state index < -0.39 is 8.07 Å². The van der Waals surface area contributed by atoms with Gasteiger partial charge in [0.1, 0.15) is 36.2 Å². The minimum Gasteiger partial charge on any atom is -0.474 e. The first-order valence-corrected chi connectivity index (χ1v) is 19.5. The Bertz CT molecular complexity index is 1660. The summed E-state index contributed by atoms with van der Waals surface area (Å²) in [6.45, 7) is 11.5. The molecule has 1 N–H and O–H groups in total. The van der Waals surface area contributed by atoms with Gasteiger partial charge in [-0.1, -0.05) is 19.6 Å². The summed E-state index contributed by atoms with van der Waals surface area (Å²) in [7, 11) is -1.15. The standard InChI is InChI=1S/C32H43N9O3Si/c1-23-37-25(18-42)15-29(38-23)44-27-7-5-26(6-8-27)40-19-32(20-40,10-11-33)41-17-24(16-36-41)30-28-9-12-39(31(28)35-21-34-30)22-43-13-14-45(2,3)4/h9,12,15-17,21,26-27,42H,5-8,10,13-14,18-20,22H2,1-4H3. The molecule has 4 aromatic rings. The average Bonchev–Trinajstić information content (AvgIpc) is 3.65. The number of ether oxygens (including phenoxy) is 2. The topological polar surface area (TPSA) is 140 Å². The fraction of sp³-hybridized carbons (Fsp3) is 0.562. The number of aromatic nitrogens is 7. The molecule has 0 unspecified atom stereocenters. The molecule has 45 heavy (non-hydrogen) atoms. The molecule has 2 aliphatic rings. The highest BCUT2D eigenvalue weighted by atomic mass is 28.3. The van der Waals surface area contributed by atoms with Crippen molar-refractivity contribution in [1.29, 1.82) is 5.26 Å². The SMILES string of the molecule is Cc1nc(CO)cc(OC2CCC(N3CC(CC#N)(n4cc(-c5ncnc6c5ccn6COCC[Si](C)(C)C)cn4)C3)CC2)n1. The van der Waals surface area contributed by atoms with E-state index >= 15 is 0 Å². The number of hydrogen-bond donors (Lipinski definition) is 1. The number of aliphatic hydroxyl groups is 1. The Hall–Kier alpha value is -3.70. The highest BCUT2D eigenvalue weighted by Crippen LogP contribution is 2.39. The first-order valence-electron chi connectivity index (χ1n) is 15.8. The lowest BCUT2D eigenvalue weighted by Crippen LogP contribution is -2.65. The van der Waals surface area contributed by atoms with Crippen LogP contribution in [0.3, 0.4) is 0 Å².